The fourth-order valence-corrected chi connectivity index (χ4v) is 1.64. The van der Waals surface area contributed by atoms with Crippen LogP contribution in [0.5, 0.6) is 0 Å². The molecule has 0 bridgehead atoms. The summed E-state index contributed by atoms with van der Waals surface area (Å²) >= 11 is 0. The Balaban J connectivity index is 2.87. The molecule has 0 saturated heterocycles. The molecular weight excluding hydrogens is 214 g/mol. The van der Waals surface area contributed by atoms with E-state index in [-0.39, 0.29) is 21.9 Å². The molecule has 2 rings (SSSR count). The molecule has 4 heteroatoms. The molecule has 2 aromatic rings. The van der Waals surface area contributed by atoms with Crippen LogP contribution in [0.3, 0.4) is 0 Å². The summed E-state index contributed by atoms with van der Waals surface area (Å²) in [6.07, 6.45) is 0. The van der Waals surface area contributed by atoms with Gasteiger partial charge in [0.2, 0.25) is 0 Å². The summed E-state index contributed by atoms with van der Waals surface area (Å²) in [4.78, 5) is 21.4. The number of hydrogen-bond donors (Lipinski definition) is 0. The molecule has 0 radical (unpaired) electrons. The van der Waals surface area contributed by atoms with E-state index in [0.29, 0.717) is 0 Å². The van der Waals surface area contributed by atoms with Crippen molar-refractivity contribution in [2.75, 3.05) is 0 Å². The monoisotopic (exact) mass is 220 g/mol. The Morgan fingerprint density at radius 3 is 1.44 bits per heavy atom. The molecule has 0 saturated carbocycles. The Hall–Kier alpha value is -2.10. The van der Waals surface area contributed by atoms with Gasteiger partial charge in [0.05, 0.1) is 11.1 Å². The third kappa shape index (κ3) is 1.58. The zero-order chi connectivity index (χ0) is 11.7. The molecule has 16 heavy (non-hydrogen) atoms. The summed E-state index contributed by atoms with van der Waals surface area (Å²) in [5.41, 5.74) is -0.332. The molecular formula is C12H6F2O2. The third-order valence-electron chi connectivity index (χ3n) is 2.35. The Morgan fingerprint density at radius 1 is 0.750 bits per heavy atom. The maximum Gasteiger partial charge on any atom is 0.332 e. The van der Waals surface area contributed by atoms with Crippen molar-refractivity contribution >= 4 is 22.8 Å². The molecule has 0 unspecified atom stereocenters. The van der Waals surface area contributed by atoms with Gasteiger partial charge in [-0.15, -0.1) is 0 Å². The second-order valence-corrected chi connectivity index (χ2v) is 3.25. The summed E-state index contributed by atoms with van der Waals surface area (Å²) < 4.78 is 25.4. The van der Waals surface area contributed by atoms with E-state index < -0.39 is 12.1 Å². The number of carbonyl (C=O) groups is 2. The van der Waals surface area contributed by atoms with Crippen LogP contribution in [0.25, 0.3) is 10.8 Å². The Kier molecular flexibility index (Phi) is 2.48. The van der Waals surface area contributed by atoms with E-state index in [1.807, 2.05) is 0 Å². The quantitative estimate of drug-likeness (QED) is 0.729. The second-order valence-electron chi connectivity index (χ2n) is 3.25. The van der Waals surface area contributed by atoms with Gasteiger partial charge < -0.3 is 0 Å². The standard InChI is InChI=1S/C12H6F2O2/c13-11(15)9-5-6-10(12(14)16)8-4-2-1-3-7(8)9/h1-6H. The highest BCUT2D eigenvalue weighted by Crippen LogP contribution is 2.24. The molecule has 0 aromatic heterocycles. The Labute approximate surface area is 89.5 Å². The molecule has 80 valence electrons. The Morgan fingerprint density at radius 2 is 1.12 bits per heavy atom. The van der Waals surface area contributed by atoms with Crippen molar-refractivity contribution in [3.63, 3.8) is 0 Å². The van der Waals surface area contributed by atoms with Gasteiger partial charge in [-0.3, -0.25) is 9.59 Å². The van der Waals surface area contributed by atoms with Crippen molar-refractivity contribution in [2.24, 2.45) is 0 Å². The molecule has 0 aliphatic heterocycles. The molecule has 0 spiro atoms. The molecule has 0 heterocycles. The second kappa shape index (κ2) is 3.81. The first kappa shape index (κ1) is 10.4. The van der Waals surface area contributed by atoms with Crippen molar-refractivity contribution in [3.05, 3.63) is 47.5 Å². The van der Waals surface area contributed by atoms with Crippen LogP contribution in [0, 0.1) is 0 Å². The zero-order valence-electron chi connectivity index (χ0n) is 8.04. The maximum atomic E-state index is 12.7. The molecule has 2 aromatic carbocycles. The van der Waals surface area contributed by atoms with Crippen LogP contribution in [0.1, 0.15) is 20.7 Å². The number of carbonyl (C=O) groups excluding carboxylic acids is 2. The molecule has 0 aliphatic rings. The highest BCUT2D eigenvalue weighted by Gasteiger charge is 2.14. The normalized spacial score (nSPS) is 10.4. The van der Waals surface area contributed by atoms with Gasteiger partial charge in [-0.1, -0.05) is 24.3 Å². The van der Waals surface area contributed by atoms with Crippen LogP contribution in [0.4, 0.5) is 8.78 Å². The zero-order valence-corrected chi connectivity index (χ0v) is 8.04. The third-order valence-corrected chi connectivity index (χ3v) is 2.35. The van der Waals surface area contributed by atoms with Gasteiger partial charge in [0, 0.05) is 0 Å². The van der Waals surface area contributed by atoms with E-state index in [2.05, 4.69) is 0 Å². The van der Waals surface area contributed by atoms with Gasteiger partial charge in [0.1, 0.15) is 0 Å². The largest absolute Gasteiger partial charge is 0.332 e. The van der Waals surface area contributed by atoms with Crippen LogP contribution in [-0.2, 0) is 0 Å². The summed E-state index contributed by atoms with van der Waals surface area (Å²) in [5, 5.41) is 0.469. The average Bonchev–Trinajstić information content (AvgIpc) is 2.27. The molecule has 2 nitrogen and oxygen atoms in total. The number of fused-ring (bicyclic) bond motifs is 1. The van der Waals surface area contributed by atoms with Crippen molar-refractivity contribution in [1.29, 1.82) is 0 Å². The molecule has 0 N–H and O–H groups in total. The maximum absolute atomic E-state index is 12.7. The van der Waals surface area contributed by atoms with Crippen molar-refractivity contribution in [2.45, 2.75) is 0 Å². The van der Waals surface area contributed by atoms with Crippen LogP contribution in [0.2, 0.25) is 0 Å². The summed E-state index contributed by atoms with van der Waals surface area (Å²) in [5.74, 6) is 0. The van der Waals surface area contributed by atoms with Crippen LogP contribution in [0.15, 0.2) is 36.4 Å². The predicted octanol–water partition coefficient (Wildman–Crippen LogP) is 3.06. The number of rotatable bonds is 2. The lowest BCUT2D eigenvalue weighted by atomic mass is 10.0. The summed E-state index contributed by atoms with van der Waals surface area (Å²) in [6, 6.07) is 5.11. The van der Waals surface area contributed by atoms with E-state index in [1.54, 1.807) is 12.1 Å². The average molecular weight is 220 g/mol. The smallest absolute Gasteiger partial charge is 0.255 e. The SMILES string of the molecule is O=C(F)c1ccc(C(=O)F)c2ccccc12. The molecule has 0 amide bonds. The van der Waals surface area contributed by atoms with Crippen molar-refractivity contribution in [3.8, 4) is 0 Å². The first-order chi connectivity index (χ1) is 7.61. The van der Waals surface area contributed by atoms with E-state index in [4.69, 9.17) is 0 Å². The highest BCUT2D eigenvalue weighted by molar-refractivity contribution is 6.11. The van der Waals surface area contributed by atoms with Crippen LogP contribution >= 0.6 is 0 Å². The van der Waals surface area contributed by atoms with Crippen LogP contribution in [-0.4, -0.2) is 12.1 Å². The number of hydrogen-bond acceptors (Lipinski definition) is 2. The fraction of sp³-hybridized carbons (Fsp3) is 0. The highest BCUT2D eigenvalue weighted by atomic mass is 19.1. The lowest BCUT2D eigenvalue weighted by Gasteiger charge is -2.04. The first-order valence-electron chi connectivity index (χ1n) is 4.52. The van der Waals surface area contributed by atoms with Gasteiger partial charge in [-0.2, -0.15) is 8.78 Å². The van der Waals surface area contributed by atoms with E-state index in [0.717, 1.165) is 12.1 Å². The van der Waals surface area contributed by atoms with Gasteiger partial charge in [-0.25, -0.2) is 0 Å². The van der Waals surface area contributed by atoms with Crippen LogP contribution < -0.4 is 0 Å². The van der Waals surface area contributed by atoms with Crippen molar-refractivity contribution < 1.29 is 18.4 Å². The van der Waals surface area contributed by atoms with Gasteiger partial charge in [-0.05, 0) is 22.9 Å². The van der Waals surface area contributed by atoms with Gasteiger partial charge >= 0.3 is 12.1 Å². The van der Waals surface area contributed by atoms with Gasteiger partial charge in [0.15, 0.2) is 0 Å². The molecule has 0 atom stereocenters. The predicted molar refractivity (Wildman–Crippen MR) is 54.8 cm³/mol. The molecule has 0 fully saturated rings. The minimum Gasteiger partial charge on any atom is -0.255 e. The summed E-state index contributed by atoms with van der Waals surface area (Å²) in [7, 11) is 0. The number of benzene rings is 2. The minimum atomic E-state index is -1.60. The Bertz CT molecular complexity index is 538. The lowest BCUT2D eigenvalue weighted by Crippen LogP contribution is -1.97. The first-order valence-corrected chi connectivity index (χ1v) is 4.52. The fourth-order valence-electron chi connectivity index (χ4n) is 1.64. The lowest BCUT2D eigenvalue weighted by molar-refractivity contribution is 0.0824. The van der Waals surface area contributed by atoms with Gasteiger partial charge in [0.25, 0.3) is 0 Å². The topological polar surface area (TPSA) is 34.1 Å². The van der Waals surface area contributed by atoms with E-state index in [9.17, 15) is 18.4 Å². The van der Waals surface area contributed by atoms with Crippen molar-refractivity contribution in [1.82, 2.24) is 0 Å². The number of halogens is 2. The minimum absolute atomic E-state index is 0.166. The summed E-state index contributed by atoms with van der Waals surface area (Å²) in [6.45, 7) is 0. The van der Waals surface area contributed by atoms with E-state index in [1.165, 1.54) is 12.1 Å². The van der Waals surface area contributed by atoms with E-state index >= 15 is 0 Å². The molecule has 0 aliphatic carbocycles.